The Morgan fingerprint density at radius 2 is 1.90 bits per heavy atom. The second kappa shape index (κ2) is 5.20. The van der Waals surface area contributed by atoms with Crippen LogP contribution in [0.3, 0.4) is 0 Å². The third kappa shape index (κ3) is 3.39. The molecule has 0 amide bonds. The molecule has 1 fully saturated rings. The first-order valence-corrected chi connectivity index (χ1v) is 6.55. The van der Waals surface area contributed by atoms with Crippen LogP contribution in [0.4, 0.5) is 19.0 Å². The molecular weight excluding hydrogens is 269 g/mol. The van der Waals surface area contributed by atoms with Gasteiger partial charge in [-0.05, 0) is 5.41 Å². The summed E-state index contributed by atoms with van der Waals surface area (Å²) in [6, 6.07) is 0.264. The number of aromatic nitrogens is 2. The molecule has 2 rings (SSSR count). The van der Waals surface area contributed by atoms with E-state index in [1.165, 1.54) is 6.20 Å². The first-order chi connectivity index (χ1) is 9.18. The van der Waals surface area contributed by atoms with Gasteiger partial charge in [-0.2, -0.15) is 13.2 Å². The number of nitrogens with zero attached hydrogens (tertiary/aromatic N) is 3. The van der Waals surface area contributed by atoms with Gasteiger partial charge in [0.2, 0.25) is 0 Å². The van der Waals surface area contributed by atoms with Crippen molar-refractivity contribution in [2.75, 3.05) is 24.5 Å². The fourth-order valence-corrected chi connectivity index (χ4v) is 2.17. The van der Waals surface area contributed by atoms with Crippen molar-refractivity contribution in [2.24, 2.45) is 5.41 Å². The Labute approximate surface area is 116 Å². The summed E-state index contributed by atoms with van der Waals surface area (Å²) in [7, 11) is 0. The van der Waals surface area contributed by atoms with Crippen LogP contribution >= 0.6 is 0 Å². The van der Waals surface area contributed by atoms with Gasteiger partial charge >= 0.3 is 6.18 Å². The largest absolute Gasteiger partial charge is 0.434 e. The van der Waals surface area contributed by atoms with Gasteiger partial charge in [0.05, 0.1) is 12.4 Å². The molecule has 1 saturated heterocycles. The molecule has 1 aromatic rings. The van der Waals surface area contributed by atoms with Gasteiger partial charge in [-0.1, -0.05) is 20.8 Å². The number of nitrogens with one attached hydrogen (secondary N) is 1. The second-order valence-corrected chi connectivity index (χ2v) is 6.08. The lowest BCUT2D eigenvalue weighted by atomic mass is 9.85. The smallest absolute Gasteiger partial charge is 0.352 e. The molecule has 20 heavy (non-hydrogen) atoms. The molecule has 0 aromatic carbocycles. The van der Waals surface area contributed by atoms with Crippen molar-refractivity contribution in [1.29, 1.82) is 0 Å². The number of rotatable bonds is 1. The summed E-state index contributed by atoms with van der Waals surface area (Å²) in [5, 5.41) is 3.42. The lowest BCUT2D eigenvalue weighted by Gasteiger charge is -2.40. The molecule has 4 nitrogen and oxygen atoms in total. The van der Waals surface area contributed by atoms with E-state index in [9.17, 15) is 13.2 Å². The summed E-state index contributed by atoms with van der Waals surface area (Å²) in [5.41, 5.74) is -0.873. The van der Waals surface area contributed by atoms with Crippen molar-refractivity contribution in [3.63, 3.8) is 0 Å². The molecule has 112 valence electrons. The minimum atomic E-state index is -4.44. The quantitative estimate of drug-likeness (QED) is 0.861. The molecule has 0 aliphatic carbocycles. The lowest BCUT2D eigenvalue weighted by Crippen LogP contribution is -2.56. The molecule has 1 aromatic heterocycles. The van der Waals surface area contributed by atoms with E-state index in [4.69, 9.17) is 0 Å². The molecule has 1 atom stereocenters. The normalized spacial score (nSPS) is 21.1. The fourth-order valence-electron chi connectivity index (χ4n) is 2.17. The summed E-state index contributed by atoms with van der Waals surface area (Å²) in [5.74, 6) is 0.494. The molecule has 0 spiro atoms. The van der Waals surface area contributed by atoms with Gasteiger partial charge in [-0.15, -0.1) is 0 Å². The minimum absolute atomic E-state index is 0.0814. The molecule has 0 saturated carbocycles. The zero-order valence-electron chi connectivity index (χ0n) is 11.8. The summed E-state index contributed by atoms with van der Waals surface area (Å²) in [4.78, 5) is 9.34. The third-order valence-corrected chi connectivity index (χ3v) is 3.47. The maximum absolute atomic E-state index is 12.5. The zero-order valence-corrected chi connectivity index (χ0v) is 11.8. The van der Waals surface area contributed by atoms with Crippen LogP contribution in [-0.2, 0) is 6.18 Å². The number of halogens is 3. The summed E-state index contributed by atoms with van der Waals surface area (Å²) < 4.78 is 37.4. The Hall–Kier alpha value is -1.37. The highest BCUT2D eigenvalue weighted by atomic mass is 19.4. The van der Waals surface area contributed by atoms with Crippen molar-refractivity contribution >= 4 is 5.82 Å². The average molecular weight is 288 g/mol. The highest BCUT2D eigenvalue weighted by Gasteiger charge is 2.34. The SMILES string of the molecule is CC(C)(C)C1CN(c2cnc(C(F)(F)F)cn2)CCN1. The molecule has 0 bridgehead atoms. The van der Waals surface area contributed by atoms with Crippen molar-refractivity contribution in [1.82, 2.24) is 15.3 Å². The van der Waals surface area contributed by atoms with Crippen LogP contribution in [0, 0.1) is 5.41 Å². The second-order valence-electron chi connectivity index (χ2n) is 6.08. The molecule has 1 unspecified atom stereocenters. The predicted molar refractivity (Wildman–Crippen MR) is 70.5 cm³/mol. The first kappa shape index (κ1) is 15.0. The number of alkyl halides is 3. The van der Waals surface area contributed by atoms with Crippen molar-refractivity contribution in [2.45, 2.75) is 33.0 Å². The van der Waals surface area contributed by atoms with Crippen molar-refractivity contribution in [3.8, 4) is 0 Å². The fraction of sp³-hybridized carbons (Fsp3) is 0.692. The third-order valence-electron chi connectivity index (χ3n) is 3.47. The minimum Gasteiger partial charge on any atom is -0.352 e. The highest BCUT2D eigenvalue weighted by Crippen LogP contribution is 2.28. The van der Waals surface area contributed by atoms with E-state index in [0.29, 0.717) is 18.9 Å². The van der Waals surface area contributed by atoms with Crippen molar-refractivity contribution < 1.29 is 13.2 Å². The van der Waals surface area contributed by atoms with Crippen LogP contribution in [0.15, 0.2) is 12.4 Å². The lowest BCUT2D eigenvalue weighted by molar-refractivity contribution is -0.141. The van der Waals surface area contributed by atoms with E-state index in [2.05, 4.69) is 36.1 Å². The van der Waals surface area contributed by atoms with E-state index in [-0.39, 0.29) is 11.5 Å². The molecule has 1 N–H and O–H groups in total. The zero-order chi connectivity index (χ0) is 15.0. The maximum Gasteiger partial charge on any atom is 0.434 e. The standard InChI is InChI=1S/C13H19F3N4/c1-12(2,3)10-8-20(5-4-17-10)11-7-18-9(6-19-11)13(14,15)16/h6-7,10,17H,4-5,8H2,1-3H3. The first-order valence-electron chi connectivity index (χ1n) is 6.55. The van der Waals surface area contributed by atoms with E-state index in [1.54, 1.807) is 0 Å². The van der Waals surface area contributed by atoms with Gasteiger partial charge in [-0.3, -0.25) is 0 Å². The predicted octanol–water partition coefficient (Wildman–Crippen LogP) is 2.32. The molecular formula is C13H19F3N4. The van der Waals surface area contributed by atoms with Gasteiger partial charge in [0, 0.05) is 25.7 Å². The molecule has 0 radical (unpaired) electrons. The van der Waals surface area contributed by atoms with Crippen LogP contribution in [-0.4, -0.2) is 35.6 Å². The van der Waals surface area contributed by atoms with E-state index >= 15 is 0 Å². The number of piperazine rings is 1. The Morgan fingerprint density at radius 3 is 2.40 bits per heavy atom. The van der Waals surface area contributed by atoms with Gasteiger partial charge in [0.25, 0.3) is 0 Å². The topological polar surface area (TPSA) is 41.1 Å². The van der Waals surface area contributed by atoms with Crippen LogP contribution in [0.5, 0.6) is 0 Å². The Kier molecular flexibility index (Phi) is 3.90. The summed E-state index contributed by atoms with van der Waals surface area (Å²) >= 11 is 0. The molecule has 1 aliphatic rings. The molecule has 2 heterocycles. The monoisotopic (exact) mass is 288 g/mol. The Balaban J connectivity index is 2.12. The van der Waals surface area contributed by atoms with Gasteiger partial charge in [0.1, 0.15) is 5.82 Å². The van der Waals surface area contributed by atoms with Gasteiger partial charge < -0.3 is 10.2 Å². The van der Waals surface area contributed by atoms with E-state index in [1.807, 2.05) is 4.90 Å². The van der Waals surface area contributed by atoms with Gasteiger partial charge in [-0.25, -0.2) is 9.97 Å². The van der Waals surface area contributed by atoms with E-state index < -0.39 is 11.9 Å². The average Bonchev–Trinajstić information content (AvgIpc) is 2.37. The summed E-state index contributed by atoms with van der Waals surface area (Å²) in [6.45, 7) is 8.60. The van der Waals surface area contributed by atoms with Crippen LogP contribution in [0.2, 0.25) is 0 Å². The highest BCUT2D eigenvalue weighted by molar-refractivity contribution is 5.37. The number of hydrogen-bond acceptors (Lipinski definition) is 4. The summed E-state index contributed by atoms with van der Waals surface area (Å²) in [6.07, 6.45) is -2.44. The van der Waals surface area contributed by atoms with Crippen LogP contribution in [0.1, 0.15) is 26.5 Å². The van der Waals surface area contributed by atoms with Crippen molar-refractivity contribution in [3.05, 3.63) is 18.1 Å². The Bertz CT molecular complexity index is 450. The molecule has 1 aliphatic heterocycles. The van der Waals surface area contributed by atoms with Crippen LogP contribution < -0.4 is 10.2 Å². The van der Waals surface area contributed by atoms with E-state index in [0.717, 1.165) is 12.7 Å². The van der Waals surface area contributed by atoms with Crippen LogP contribution in [0.25, 0.3) is 0 Å². The Morgan fingerprint density at radius 1 is 1.20 bits per heavy atom. The molecule has 7 heteroatoms. The number of anilines is 1. The number of hydrogen-bond donors (Lipinski definition) is 1. The maximum atomic E-state index is 12.5. The van der Waals surface area contributed by atoms with Gasteiger partial charge in [0.15, 0.2) is 5.69 Å².